The molecule has 5 heteroatoms. The molecule has 0 aliphatic heterocycles. The molecule has 17 heavy (non-hydrogen) atoms. The SMILES string of the molecule is Cc1ccc(S(=O)/C(=C/CCO)C(=O)O)cc1. The molecule has 92 valence electrons. The molecule has 0 aliphatic carbocycles. The highest BCUT2D eigenvalue weighted by molar-refractivity contribution is 7.90. The minimum Gasteiger partial charge on any atom is -0.477 e. The van der Waals surface area contributed by atoms with Crippen molar-refractivity contribution in [2.45, 2.75) is 18.2 Å². The second kappa shape index (κ2) is 6.32. The third kappa shape index (κ3) is 3.80. The summed E-state index contributed by atoms with van der Waals surface area (Å²) in [4.78, 5) is 11.2. The first-order valence-corrected chi connectivity index (χ1v) is 6.24. The van der Waals surface area contributed by atoms with Gasteiger partial charge in [-0.2, -0.15) is 0 Å². The zero-order valence-electron chi connectivity index (χ0n) is 9.42. The Morgan fingerprint density at radius 1 is 1.35 bits per heavy atom. The Hall–Kier alpha value is -1.46. The summed E-state index contributed by atoms with van der Waals surface area (Å²) in [6.07, 6.45) is 1.47. The minimum atomic E-state index is -1.71. The van der Waals surface area contributed by atoms with E-state index in [2.05, 4.69) is 0 Å². The van der Waals surface area contributed by atoms with Crippen LogP contribution in [0.4, 0.5) is 0 Å². The van der Waals surface area contributed by atoms with E-state index in [1.165, 1.54) is 6.08 Å². The third-order valence-corrected chi connectivity index (χ3v) is 3.55. The molecule has 0 heterocycles. The maximum absolute atomic E-state index is 12.0. The van der Waals surface area contributed by atoms with Crippen LogP contribution in [0.2, 0.25) is 0 Å². The molecule has 1 rings (SSSR count). The van der Waals surface area contributed by atoms with Gasteiger partial charge >= 0.3 is 5.97 Å². The number of aryl methyl sites for hydroxylation is 1. The van der Waals surface area contributed by atoms with E-state index in [1.54, 1.807) is 24.3 Å². The number of carboxylic acids is 1. The third-order valence-electron chi connectivity index (χ3n) is 2.10. The Labute approximate surface area is 102 Å². The molecule has 4 nitrogen and oxygen atoms in total. The first kappa shape index (κ1) is 13.6. The second-order valence-corrected chi connectivity index (χ2v) is 4.92. The number of aliphatic hydroxyl groups excluding tert-OH is 1. The molecule has 1 unspecified atom stereocenters. The van der Waals surface area contributed by atoms with Crippen molar-refractivity contribution in [2.75, 3.05) is 6.61 Å². The van der Waals surface area contributed by atoms with Crippen molar-refractivity contribution in [3.63, 3.8) is 0 Å². The molecular formula is C12H14O4S. The molecule has 1 aromatic carbocycles. The van der Waals surface area contributed by atoms with Gasteiger partial charge in [0, 0.05) is 11.5 Å². The predicted octanol–water partition coefficient (Wildman–Crippen LogP) is 1.45. The molecular weight excluding hydrogens is 240 g/mol. The number of carboxylic acid groups (broad SMARTS) is 1. The Bertz CT molecular complexity index is 448. The fourth-order valence-corrected chi connectivity index (χ4v) is 2.29. The summed E-state index contributed by atoms with van der Waals surface area (Å²) in [5, 5.41) is 17.6. The monoisotopic (exact) mass is 254 g/mol. The van der Waals surface area contributed by atoms with Crippen LogP contribution in [0.1, 0.15) is 12.0 Å². The zero-order chi connectivity index (χ0) is 12.8. The number of benzene rings is 1. The lowest BCUT2D eigenvalue weighted by Crippen LogP contribution is -2.08. The standard InChI is InChI=1S/C12H14O4S/c1-9-4-6-10(7-5-9)17(16)11(12(14)15)3-2-8-13/h3-7,13H,2,8H2,1H3,(H,14,15)/b11-3+. The van der Waals surface area contributed by atoms with Crippen molar-refractivity contribution in [2.24, 2.45) is 0 Å². The van der Waals surface area contributed by atoms with Crippen LogP contribution >= 0.6 is 0 Å². The number of carbonyl (C=O) groups is 1. The van der Waals surface area contributed by atoms with Gasteiger partial charge in [-0.1, -0.05) is 23.8 Å². The largest absolute Gasteiger partial charge is 0.477 e. The maximum atomic E-state index is 12.0. The first-order chi connectivity index (χ1) is 8.06. The Morgan fingerprint density at radius 2 is 1.94 bits per heavy atom. The van der Waals surface area contributed by atoms with E-state index in [-0.39, 0.29) is 17.9 Å². The summed E-state index contributed by atoms with van der Waals surface area (Å²) in [5.41, 5.74) is 1.02. The molecule has 0 spiro atoms. The second-order valence-electron chi connectivity index (χ2n) is 3.47. The van der Waals surface area contributed by atoms with Crippen LogP contribution in [0.15, 0.2) is 40.1 Å². The zero-order valence-corrected chi connectivity index (χ0v) is 10.2. The number of rotatable bonds is 5. The molecule has 2 N–H and O–H groups in total. The number of aliphatic hydroxyl groups is 1. The van der Waals surface area contributed by atoms with Gasteiger partial charge in [0.15, 0.2) is 0 Å². The smallest absolute Gasteiger partial charge is 0.344 e. The molecule has 0 bridgehead atoms. The van der Waals surface area contributed by atoms with E-state index in [9.17, 15) is 9.00 Å². The van der Waals surface area contributed by atoms with Crippen LogP contribution in [0.5, 0.6) is 0 Å². The first-order valence-electron chi connectivity index (χ1n) is 5.09. The average Bonchev–Trinajstić information content (AvgIpc) is 2.29. The summed E-state index contributed by atoms with van der Waals surface area (Å²) >= 11 is 0. The molecule has 1 atom stereocenters. The van der Waals surface area contributed by atoms with Gasteiger partial charge in [-0.15, -0.1) is 0 Å². The van der Waals surface area contributed by atoms with Crippen LogP contribution in [0, 0.1) is 6.92 Å². The predicted molar refractivity (Wildman–Crippen MR) is 65.0 cm³/mol. The Morgan fingerprint density at radius 3 is 2.41 bits per heavy atom. The number of hydrogen-bond donors (Lipinski definition) is 2. The highest BCUT2D eigenvalue weighted by atomic mass is 32.2. The summed E-state index contributed by atoms with van der Waals surface area (Å²) in [6.45, 7) is 1.73. The van der Waals surface area contributed by atoms with Crippen molar-refractivity contribution in [3.8, 4) is 0 Å². The van der Waals surface area contributed by atoms with Crippen LogP contribution in [-0.2, 0) is 15.6 Å². The van der Waals surface area contributed by atoms with Crippen molar-refractivity contribution < 1.29 is 19.2 Å². The van der Waals surface area contributed by atoms with Crippen molar-refractivity contribution in [3.05, 3.63) is 40.8 Å². The summed E-state index contributed by atoms with van der Waals surface area (Å²) in [6, 6.07) is 6.83. The molecule has 0 saturated carbocycles. The molecule has 0 radical (unpaired) electrons. The lowest BCUT2D eigenvalue weighted by Gasteiger charge is -2.03. The molecule has 0 saturated heterocycles. The fraction of sp³-hybridized carbons (Fsp3) is 0.250. The topological polar surface area (TPSA) is 74.6 Å². The average molecular weight is 254 g/mol. The molecule has 0 aromatic heterocycles. The number of aliphatic carboxylic acids is 1. The van der Waals surface area contributed by atoms with Crippen molar-refractivity contribution in [1.29, 1.82) is 0 Å². The van der Waals surface area contributed by atoms with Crippen LogP contribution in [0.3, 0.4) is 0 Å². The Balaban J connectivity index is 3.00. The van der Waals surface area contributed by atoms with Gasteiger partial charge in [0.1, 0.15) is 4.91 Å². The molecule has 1 aromatic rings. The Kier molecular flexibility index (Phi) is 5.06. The van der Waals surface area contributed by atoms with Gasteiger partial charge in [0.2, 0.25) is 0 Å². The van der Waals surface area contributed by atoms with E-state index in [0.717, 1.165) is 5.56 Å². The van der Waals surface area contributed by atoms with E-state index < -0.39 is 16.8 Å². The van der Waals surface area contributed by atoms with E-state index >= 15 is 0 Å². The van der Waals surface area contributed by atoms with E-state index in [1.807, 2.05) is 6.92 Å². The van der Waals surface area contributed by atoms with Crippen LogP contribution < -0.4 is 0 Å². The minimum absolute atomic E-state index is 0.165. The highest BCUT2D eigenvalue weighted by Crippen LogP contribution is 2.16. The van der Waals surface area contributed by atoms with Gasteiger partial charge in [0.25, 0.3) is 0 Å². The van der Waals surface area contributed by atoms with Gasteiger partial charge in [-0.3, -0.25) is 0 Å². The van der Waals surface area contributed by atoms with Gasteiger partial charge in [-0.05, 0) is 25.5 Å². The number of hydrogen-bond acceptors (Lipinski definition) is 3. The van der Waals surface area contributed by atoms with Gasteiger partial charge < -0.3 is 10.2 Å². The molecule has 0 amide bonds. The van der Waals surface area contributed by atoms with Crippen molar-refractivity contribution >= 4 is 16.8 Å². The summed E-state index contributed by atoms with van der Waals surface area (Å²) in [5.74, 6) is -1.22. The fourth-order valence-electron chi connectivity index (χ4n) is 1.23. The maximum Gasteiger partial charge on any atom is 0.344 e. The lowest BCUT2D eigenvalue weighted by atomic mass is 10.2. The van der Waals surface area contributed by atoms with E-state index in [4.69, 9.17) is 10.2 Å². The van der Waals surface area contributed by atoms with Crippen LogP contribution in [-0.4, -0.2) is 27.0 Å². The quantitative estimate of drug-likeness (QED) is 0.780. The molecule has 0 aliphatic rings. The highest BCUT2D eigenvalue weighted by Gasteiger charge is 2.16. The molecule has 0 fully saturated rings. The normalized spacial score (nSPS) is 13.4. The van der Waals surface area contributed by atoms with E-state index in [0.29, 0.717) is 4.90 Å². The van der Waals surface area contributed by atoms with Crippen LogP contribution in [0.25, 0.3) is 0 Å². The van der Waals surface area contributed by atoms with Crippen molar-refractivity contribution in [1.82, 2.24) is 0 Å². The summed E-state index contributed by atoms with van der Waals surface area (Å²) < 4.78 is 12.0. The van der Waals surface area contributed by atoms with Gasteiger partial charge in [0.05, 0.1) is 10.8 Å². The van der Waals surface area contributed by atoms with Gasteiger partial charge in [-0.25, -0.2) is 9.00 Å². The summed E-state index contributed by atoms with van der Waals surface area (Å²) in [7, 11) is -1.71. The lowest BCUT2D eigenvalue weighted by molar-refractivity contribution is -0.131.